The Labute approximate surface area is 516 Å². The molecule has 0 radical (unpaired) electrons. The number of ether oxygens (including phenoxy) is 5. The highest BCUT2D eigenvalue weighted by Gasteiger charge is 2.46. The number of methoxy groups -OCH3 is 2. The molecule has 0 bridgehead atoms. The van der Waals surface area contributed by atoms with Crippen LogP contribution in [-0.4, -0.2) is 138 Å². The number of hydrogen-bond donors (Lipinski definition) is 4. The molecule has 89 heavy (non-hydrogen) atoms. The molecule has 8 amide bonds. The van der Waals surface area contributed by atoms with Crippen LogP contribution in [0.4, 0.5) is 21.9 Å². The number of hydrogen-bond acceptors (Lipinski definition) is 15. The van der Waals surface area contributed by atoms with Gasteiger partial charge in [-0.05, 0) is 110 Å². The van der Waals surface area contributed by atoms with E-state index >= 15 is 0 Å². The Morgan fingerprint density at radius 2 is 1.25 bits per heavy atom. The summed E-state index contributed by atoms with van der Waals surface area (Å²) < 4.78 is 29.9. The number of aliphatic imine (C=N–C) groups is 1. The van der Waals surface area contributed by atoms with Crippen LogP contribution in [0.1, 0.15) is 114 Å². The number of aliphatic hydroxyl groups is 1. The van der Waals surface area contributed by atoms with E-state index in [9.17, 15) is 43.5 Å². The van der Waals surface area contributed by atoms with E-state index in [1.165, 1.54) is 51.0 Å². The molecule has 0 saturated carbocycles. The Bertz CT molecular complexity index is 3570. The van der Waals surface area contributed by atoms with E-state index in [4.69, 9.17) is 28.7 Å². The van der Waals surface area contributed by atoms with Crippen LogP contribution in [0, 0.1) is 5.92 Å². The number of imide groups is 1. The fourth-order valence-electron chi connectivity index (χ4n) is 11.7. The molecular formula is C67H74N8O14. The predicted molar refractivity (Wildman–Crippen MR) is 329 cm³/mol. The monoisotopic (exact) mass is 1210 g/mol. The third kappa shape index (κ3) is 14.2. The number of rotatable bonds is 24. The van der Waals surface area contributed by atoms with Crippen molar-refractivity contribution in [2.45, 2.75) is 129 Å². The lowest BCUT2D eigenvalue weighted by Crippen LogP contribution is -2.55. The number of carbonyl (C=O) groups excluding carboxylic acids is 8. The Balaban J connectivity index is 0.738. The molecule has 0 fully saturated rings. The van der Waals surface area contributed by atoms with Gasteiger partial charge in [-0.25, -0.2) is 9.69 Å². The molecule has 5 aromatic rings. The van der Waals surface area contributed by atoms with Crippen LogP contribution in [0.15, 0.2) is 114 Å². The zero-order valence-corrected chi connectivity index (χ0v) is 50.5. The van der Waals surface area contributed by atoms with Crippen LogP contribution >= 0.6 is 0 Å². The average molecular weight is 1220 g/mol. The van der Waals surface area contributed by atoms with Crippen LogP contribution in [0.25, 0.3) is 0 Å². The average Bonchev–Trinajstić information content (AvgIpc) is 1.70. The van der Waals surface area contributed by atoms with Crippen molar-refractivity contribution in [3.05, 3.63) is 148 Å². The highest BCUT2D eigenvalue weighted by molar-refractivity contribution is 6.13. The molecule has 5 atom stereocenters. The minimum absolute atomic E-state index is 0.0659. The summed E-state index contributed by atoms with van der Waals surface area (Å²) >= 11 is 0. The smallest absolute Gasteiger partial charge is 0.416 e. The molecular weight excluding hydrogens is 1140 g/mol. The van der Waals surface area contributed by atoms with Crippen molar-refractivity contribution in [2.75, 3.05) is 44.2 Å². The standard InChI is InChI=1S/C67H74N8O14/c1-40(2)61(71-58(76)20-8-6-13-27-72-59(77)25-26-60(72)78)63(80)69-41(3)62(79)70-47-23-21-42(22-24-47)39-89-67(84)75-52-35-57(55(86-5)33-50(52)65(82)74-38-46-19-12-10-17-44(46)31-53(74)66(75)83)88-29-15-7-14-28-87-56-34-51-49(32-54(56)85-4)64(81)73-37-45-18-11-9-16-43(45)30-48(73)36-68-51/h9-12,16-19,21-26,32-36,40-41,48,53,61,66,83H,6-8,13-15,20,27-31,37-39H2,1-5H3,(H,69,80)(H,70,79)(H,71,76)/t41-,48-,53?,61-,66?/m0/s1. The second-order valence-electron chi connectivity index (χ2n) is 23.0. The molecule has 22 nitrogen and oxygen atoms in total. The maximum absolute atomic E-state index is 14.7. The van der Waals surface area contributed by atoms with E-state index in [0.717, 1.165) is 26.5 Å². The van der Waals surface area contributed by atoms with E-state index in [1.807, 2.05) is 47.5 Å². The number of anilines is 2. The fourth-order valence-corrected chi connectivity index (χ4v) is 11.7. The fraction of sp³-hybridized carbons (Fsp3) is 0.388. The Morgan fingerprint density at radius 3 is 1.90 bits per heavy atom. The number of nitrogens with one attached hydrogen (secondary N) is 3. The highest BCUT2D eigenvalue weighted by atomic mass is 16.6. The third-order valence-corrected chi connectivity index (χ3v) is 16.7. The summed E-state index contributed by atoms with van der Waals surface area (Å²) in [5.74, 6) is -1.57. The van der Waals surface area contributed by atoms with Gasteiger partial charge in [0.15, 0.2) is 29.2 Å². The summed E-state index contributed by atoms with van der Waals surface area (Å²) in [5.41, 5.74) is 6.21. The largest absolute Gasteiger partial charge is 0.493 e. The van der Waals surface area contributed by atoms with Crippen LogP contribution in [0.3, 0.4) is 0 Å². The van der Waals surface area contributed by atoms with Crippen molar-refractivity contribution in [3.8, 4) is 23.0 Å². The SMILES string of the molecule is COc1cc2c(cc1OCCCCCOc1cc3c(cc1OC)C(=O)N1Cc4ccccc4CC1C(O)N3C(=O)OCc1ccc(NC(=O)[C@H](C)NC(=O)[C@@H](NC(=O)CCCCCN3C(=O)C=CC3=O)C(C)C)cc1)N=C[C@@H]1Cc3ccccc3CN1C2=O. The molecule has 10 rings (SSSR count). The molecule has 5 aromatic carbocycles. The van der Waals surface area contributed by atoms with Crippen LogP contribution in [0.5, 0.6) is 23.0 Å². The quantitative estimate of drug-likeness (QED) is 0.0340. The first-order valence-electron chi connectivity index (χ1n) is 30.2. The Morgan fingerprint density at radius 1 is 0.652 bits per heavy atom. The van der Waals surface area contributed by atoms with Gasteiger partial charge in [0.1, 0.15) is 18.7 Å². The lowest BCUT2D eigenvalue weighted by Gasteiger charge is -2.39. The van der Waals surface area contributed by atoms with Gasteiger partial charge in [-0.1, -0.05) is 80.9 Å². The van der Waals surface area contributed by atoms with E-state index in [0.29, 0.717) is 92.1 Å². The minimum Gasteiger partial charge on any atom is -0.493 e. The first-order valence-corrected chi connectivity index (χ1v) is 30.2. The summed E-state index contributed by atoms with van der Waals surface area (Å²) in [4.78, 5) is 117. The number of amides is 8. The number of benzene rings is 5. The van der Waals surface area contributed by atoms with E-state index in [1.54, 1.807) is 55.1 Å². The molecule has 0 aliphatic carbocycles. The lowest BCUT2D eigenvalue weighted by molar-refractivity contribution is -0.137. The van der Waals surface area contributed by atoms with Crippen LogP contribution in [-0.2, 0) is 61.2 Å². The van der Waals surface area contributed by atoms with Gasteiger partial charge in [-0.15, -0.1) is 0 Å². The summed E-state index contributed by atoms with van der Waals surface area (Å²) in [6.45, 7) is 6.32. The first-order chi connectivity index (χ1) is 43.0. The predicted octanol–water partition coefficient (Wildman–Crippen LogP) is 7.73. The van der Waals surface area contributed by atoms with Gasteiger partial charge in [0.25, 0.3) is 23.6 Å². The summed E-state index contributed by atoms with van der Waals surface area (Å²) in [6, 6.07) is 25.8. The number of nitrogens with zero attached hydrogens (tertiary/aromatic N) is 5. The second-order valence-corrected chi connectivity index (χ2v) is 23.0. The van der Waals surface area contributed by atoms with Gasteiger partial charge < -0.3 is 54.5 Å². The molecule has 0 saturated heterocycles. The third-order valence-electron chi connectivity index (χ3n) is 16.7. The second kappa shape index (κ2) is 28.1. The van der Waals surface area contributed by atoms with Gasteiger partial charge in [0, 0.05) is 62.2 Å². The van der Waals surface area contributed by atoms with E-state index in [2.05, 4.69) is 28.1 Å². The Hall–Kier alpha value is -9.57. The highest BCUT2D eigenvalue weighted by Crippen LogP contribution is 2.43. The maximum atomic E-state index is 14.7. The van der Waals surface area contributed by atoms with Gasteiger partial charge in [-0.3, -0.25) is 43.5 Å². The van der Waals surface area contributed by atoms with Gasteiger partial charge >= 0.3 is 6.09 Å². The molecule has 0 spiro atoms. The zero-order valence-electron chi connectivity index (χ0n) is 50.5. The molecule has 5 heterocycles. The number of aliphatic hydroxyl groups excluding tert-OH is 1. The molecule has 5 aliphatic heterocycles. The van der Waals surface area contributed by atoms with Crippen molar-refractivity contribution in [2.24, 2.45) is 10.9 Å². The summed E-state index contributed by atoms with van der Waals surface area (Å²) in [5, 5.41) is 20.5. The summed E-state index contributed by atoms with van der Waals surface area (Å²) in [6.07, 6.45) is 6.41. The summed E-state index contributed by atoms with van der Waals surface area (Å²) in [7, 11) is 2.99. The van der Waals surface area contributed by atoms with Crippen molar-refractivity contribution in [3.63, 3.8) is 0 Å². The number of unbranched alkanes of at least 4 members (excludes halogenated alkanes) is 4. The topological polar surface area (TPSA) is 264 Å². The van der Waals surface area contributed by atoms with Gasteiger partial charge in [0.2, 0.25) is 17.7 Å². The molecule has 2 unspecified atom stereocenters. The molecule has 466 valence electrons. The van der Waals surface area contributed by atoms with Crippen molar-refractivity contribution >= 4 is 70.7 Å². The Kier molecular flexibility index (Phi) is 19.7. The van der Waals surface area contributed by atoms with E-state index in [-0.39, 0.29) is 97.5 Å². The van der Waals surface area contributed by atoms with Crippen molar-refractivity contribution < 1.29 is 67.1 Å². The maximum Gasteiger partial charge on any atom is 0.416 e. The minimum atomic E-state index is -1.55. The normalized spacial score (nSPS) is 17.9. The lowest BCUT2D eigenvalue weighted by atomic mass is 9.93. The number of fused-ring (bicyclic) bond motifs is 6. The van der Waals surface area contributed by atoms with Crippen molar-refractivity contribution in [1.29, 1.82) is 0 Å². The van der Waals surface area contributed by atoms with Gasteiger partial charge in [-0.2, -0.15) is 0 Å². The van der Waals surface area contributed by atoms with Crippen molar-refractivity contribution in [1.82, 2.24) is 25.3 Å². The van der Waals surface area contributed by atoms with Gasteiger partial charge in [0.05, 0.1) is 62.0 Å². The molecule has 0 aromatic heterocycles. The van der Waals surface area contributed by atoms with Crippen LogP contribution < -0.4 is 39.8 Å². The number of carbonyl (C=O) groups is 8. The first kappa shape index (κ1) is 62.5. The molecule has 4 N–H and O–H groups in total. The molecule has 5 aliphatic rings. The van der Waals surface area contributed by atoms with E-state index < -0.39 is 48.2 Å². The zero-order chi connectivity index (χ0) is 62.9. The molecule has 22 heteroatoms. The van der Waals surface area contributed by atoms with Crippen LogP contribution in [0.2, 0.25) is 0 Å².